The Morgan fingerprint density at radius 2 is 1.70 bits per heavy atom. The highest BCUT2D eigenvalue weighted by atomic mass is 127. The summed E-state index contributed by atoms with van der Waals surface area (Å²) in [6, 6.07) is 11.8. The fourth-order valence-electron chi connectivity index (χ4n) is 4.32. The van der Waals surface area contributed by atoms with Crippen molar-refractivity contribution in [1.29, 1.82) is 0 Å². The minimum atomic E-state index is -0.0727. The summed E-state index contributed by atoms with van der Waals surface area (Å²) in [5.41, 5.74) is 2.61. The molecule has 9 heteroatoms. The number of guanidine groups is 1. The fraction of sp³-hybridized carbons (Fsp3) is 0.458. The summed E-state index contributed by atoms with van der Waals surface area (Å²) >= 11 is 0. The Hall–Kier alpha value is -2.56. The van der Waals surface area contributed by atoms with E-state index in [0.29, 0.717) is 51.4 Å². The van der Waals surface area contributed by atoms with Gasteiger partial charge in [-0.15, -0.1) is 24.0 Å². The zero-order valence-corrected chi connectivity index (χ0v) is 21.4. The quantitative estimate of drug-likeness (QED) is 0.261. The van der Waals surface area contributed by atoms with Crippen LogP contribution >= 0.6 is 24.0 Å². The molecule has 4 rings (SSSR count). The third-order valence-electron chi connectivity index (χ3n) is 6.14. The molecule has 2 aliphatic rings. The van der Waals surface area contributed by atoms with Gasteiger partial charge >= 0.3 is 0 Å². The lowest BCUT2D eigenvalue weighted by molar-refractivity contribution is -0.132. The maximum absolute atomic E-state index is 12.6. The molecule has 8 nitrogen and oxygen atoms in total. The number of benzene rings is 1. The van der Waals surface area contributed by atoms with E-state index >= 15 is 0 Å². The van der Waals surface area contributed by atoms with Crippen LogP contribution in [0.25, 0.3) is 0 Å². The molecule has 1 N–H and O–H groups in total. The lowest BCUT2D eigenvalue weighted by Gasteiger charge is -2.36. The third-order valence-corrected chi connectivity index (χ3v) is 6.14. The molecule has 1 saturated heterocycles. The van der Waals surface area contributed by atoms with Gasteiger partial charge in [0.05, 0.1) is 6.26 Å². The van der Waals surface area contributed by atoms with Crippen molar-refractivity contribution >= 4 is 41.8 Å². The fourth-order valence-corrected chi connectivity index (χ4v) is 4.32. The first-order valence-corrected chi connectivity index (χ1v) is 11.3. The molecule has 33 heavy (non-hydrogen) atoms. The van der Waals surface area contributed by atoms with E-state index in [1.807, 2.05) is 11.0 Å². The number of hydrogen-bond donors (Lipinski definition) is 1. The zero-order valence-electron chi connectivity index (χ0n) is 19.0. The Kier molecular flexibility index (Phi) is 9.16. The van der Waals surface area contributed by atoms with Crippen molar-refractivity contribution in [2.24, 2.45) is 4.99 Å². The summed E-state index contributed by atoms with van der Waals surface area (Å²) in [6.45, 7) is 4.85. The van der Waals surface area contributed by atoms with Crippen LogP contribution in [0.2, 0.25) is 0 Å². The molecule has 0 atom stereocenters. The van der Waals surface area contributed by atoms with Crippen LogP contribution in [-0.2, 0) is 17.8 Å². The Morgan fingerprint density at radius 1 is 0.970 bits per heavy atom. The van der Waals surface area contributed by atoms with Gasteiger partial charge in [0.25, 0.3) is 5.91 Å². The molecule has 0 spiro atoms. The number of furan rings is 1. The number of aliphatic imine (C=N–C) groups is 1. The predicted octanol–water partition coefficient (Wildman–Crippen LogP) is 2.60. The van der Waals surface area contributed by atoms with Crippen LogP contribution in [0.5, 0.6) is 0 Å². The molecule has 1 fully saturated rings. The summed E-state index contributed by atoms with van der Waals surface area (Å²) in [6.07, 6.45) is 3.73. The van der Waals surface area contributed by atoms with Crippen molar-refractivity contribution < 1.29 is 14.0 Å². The number of fused-ring (bicyclic) bond motifs is 1. The number of carbonyl (C=O) groups excluding carboxylic acids is 2. The van der Waals surface area contributed by atoms with E-state index in [9.17, 15) is 9.59 Å². The molecule has 1 aromatic heterocycles. The smallest absolute Gasteiger partial charge is 0.289 e. The van der Waals surface area contributed by atoms with Gasteiger partial charge in [-0.1, -0.05) is 24.3 Å². The highest BCUT2D eigenvalue weighted by Crippen LogP contribution is 2.19. The number of rotatable bonds is 5. The SMILES string of the molecule is CN=C(NCCCC(=O)N1CCc2ccccc2C1)N1CCN(C(=O)c2ccco2)CC1.I. The van der Waals surface area contributed by atoms with Crippen LogP contribution in [0.4, 0.5) is 0 Å². The molecule has 0 saturated carbocycles. The van der Waals surface area contributed by atoms with Crippen LogP contribution in [0.3, 0.4) is 0 Å². The number of piperazine rings is 1. The minimum Gasteiger partial charge on any atom is -0.459 e. The molecule has 1 aromatic carbocycles. The van der Waals surface area contributed by atoms with Gasteiger partial charge in [-0.25, -0.2) is 0 Å². The van der Waals surface area contributed by atoms with Crippen LogP contribution in [-0.4, -0.2) is 78.8 Å². The second-order valence-corrected chi connectivity index (χ2v) is 8.17. The van der Waals surface area contributed by atoms with Crippen LogP contribution < -0.4 is 5.32 Å². The molecule has 2 aliphatic heterocycles. The van der Waals surface area contributed by atoms with Crippen molar-refractivity contribution in [3.8, 4) is 0 Å². The predicted molar refractivity (Wildman–Crippen MR) is 138 cm³/mol. The molecule has 0 bridgehead atoms. The van der Waals surface area contributed by atoms with Crippen LogP contribution in [0, 0.1) is 0 Å². The zero-order chi connectivity index (χ0) is 22.3. The van der Waals surface area contributed by atoms with E-state index < -0.39 is 0 Å². The monoisotopic (exact) mass is 565 g/mol. The molecule has 2 aromatic rings. The van der Waals surface area contributed by atoms with Gasteiger partial charge in [0.15, 0.2) is 11.7 Å². The second-order valence-electron chi connectivity index (χ2n) is 8.17. The maximum atomic E-state index is 12.6. The van der Waals surface area contributed by atoms with Gasteiger partial charge in [0.1, 0.15) is 0 Å². The first kappa shape index (κ1) is 25.1. The third kappa shape index (κ3) is 6.27. The number of nitrogens with one attached hydrogen (secondary N) is 1. The first-order chi connectivity index (χ1) is 15.7. The lowest BCUT2D eigenvalue weighted by atomic mass is 9.99. The van der Waals surface area contributed by atoms with E-state index in [1.54, 1.807) is 24.1 Å². The van der Waals surface area contributed by atoms with E-state index in [4.69, 9.17) is 4.42 Å². The molecular formula is C24H32IN5O3. The Labute approximate surface area is 212 Å². The van der Waals surface area contributed by atoms with E-state index in [1.165, 1.54) is 17.4 Å². The van der Waals surface area contributed by atoms with Crippen molar-refractivity contribution in [1.82, 2.24) is 20.0 Å². The second kappa shape index (κ2) is 12.1. The number of halogens is 1. The largest absolute Gasteiger partial charge is 0.459 e. The van der Waals surface area contributed by atoms with Crippen molar-refractivity contribution in [3.63, 3.8) is 0 Å². The average molecular weight is 565 g/mol. The minimum absolute atomic E-state index is 0. The van der Waals surface area contributed by atoms with Gasteiger partial charge < -0.3 is 24.4 Å². The number of hydrogen-bond acceptors (Lipinski definition) is 4. The molecule has 0 aliphatic carbocycles. The summed E-state index contributed by atoms with van der Waals surface area (Å²) in [5.74, 6) is 1.33. The van der Waals surface area contributed by atoms with E-state index in [2.05, 4.69) is 33.4 Å². The molecule has 3 heterocycles. The molecule has 2 amide bonds. The van der Waals surface area contributed by atoms with Gasteiger partial charge in [-0.05, 0) is 36.1 Å². The van der Waals surface area contributed by atoms with Gasteiger partial charge in [0.2, 0.25) is 5.91 Å². The van der Waals surface area contributed by atoms with Crippen LogP contribution in [0.15, 0.2) is 52.1 Å². The van der Waals surface area contributed by atoms with Crippen molar-refractivity contribution in [2.45, 2.75) is 25.8 Å². The average Bonchev–Trinajstić information content (AvgIpc) is 3.38. The Bertz CT molecular complexity index is 955. The normalized spacial score (nSPS) is 16.2. The van der Waals surface area contributed by atoms with Crippen molar-refractivity contribution in [3.05, 3.63) is 59.5 Å². The van der Waals surface area contributed by atoms with Crippen molar-refractivity contribution in [2.75, 3.05) is 46.3 Å². The van der Waals surface area contributed by atoms with Gasteiger partial charge in [-0.2, -0.15) is 0 Å². The van der Waals surface area contributed by atoms with Gasteiger partial charge in [0, 0.05) is 59.3 Å². The highest BCUT2D eigenvalue weighted by molar-refractivity contribution is 14.0. The number of amides is 2. The Morgan fingerprint density at radius 3 is 2.39 bits per heavy atom. The molecule has 0 radical (unpaired) electrons. The molecular weight excluding hydrogens is 533 g/mol. The highest BCUT2D eigenvalue weighted by Gasteiger charge is 2.25. The molecule has 0 unspecified atom stereocenters. The molecule has 178 valence electrons. The van der Waals surface area contributed by atoms with E-state index in [-0.39, 0.29) is 35.8 Å². The topological polar surface area (TPSA) is 81.4 Å². The van der Waals surface area contributed by atoms with Crippen LogP contribution in [0.1, 0.15) is 34.5 Å². The maximum Gasteiger partial charge on any atom is 0.289 e. The number of carbonyl (C=O) groups is 2. The first-order valence-electron chi connectivity index (χ1n) is 11.3. The summed E-state index contributed by atoms with van der Waals surface area (Å²) in [7, 11) is 1.76. The Balaban J connectivity index is 0.00000306. The number of nitrogens with zero attached hydrogens (tertiary/aromatic N) is 4. The summed E-state index contributed by atoms with van der Waals surface area (Å²) in [4.78, 5) is 35.3. The standard InChI is InChI=1S/C24H31N5O3.HI/c1-25-24(28-15-13-27(14-16-28)23(31)21-8-5-17-32-21)26-11-4-9-22(30)29-12-10-19-6-2-3-7-20(19)18-29;/h2-3,5-8,17H,4,9-16,18H2,1H3,(H,25,26);1H. The van der Waals surface area contributed by atoms with E-state index in [0.717, 1.165) is 25.3 Å². The lowest BCUT2D eigenvalue weighted by Crippen LogP contribution is -2.53. The van der Waals surface area contributed by atoms with Gasteiger partial charge in [-0.3, -0.25) is 14.6 Å². The summed E-state index contributed by atoms with van der Waals surface area (Å²) in [5, 5.41) is 3.37. The summed E-state index contributed by atoms with van der Waals surface area (Å²) < 4.78 is 5.22.